The summed E-state index contributed by atoms with van der Waals surface area (Å²) in [5.74, 6) is -4.19. The van der Waals surface area contributed by atoms with Crippen LogP contribution in [0.2, 0.25) is 0 Å². The third kappa shape index (κ3) is 3.49. The highest BCUT2D eigenvalue weighted by Gasteiger charge is 2.26. The number of benzene rings is 1. The fourth-order valence-electron chi connectivity index (χ4n) is 2.19. The van der Waals surface area contributed by atoms with Crippen molar-refractivity contribution in [3.8, 4) is 0 Å². The molecule has 1 aromatic carbocycles. The fraction of sp³-hybridized carbons (Fsp3) is 0.462. The molecule has 1 atom stereocenters. The van der Waals surface area contributed by atoms with Crippen molar-refractivity contribution in [1.82, 2.24) is 4.90 Å². The van der Waals surface area contributed by atoms with E-state index in [1.807, 2.05) is 0 Å². The van der Waals surface area contributed by atoms with Crippen LogP contribution in [0, 0.1) is 17.5 Å². The second kappa shape index (κ2) is 6.23. The first kappa shape index (κ1) is 14.8. The molecule has 1 aliphatic heterocycles. The maximum atomic E-state index is 13.6. The Morgan fingerprint density at radius 1 is 1.30 bits per heavy atom. The molecule has 0 saturated carbocycles. The van der Waals surface area contributed by atoms with Gasteiger partial charge in [0.1, 0.15) is 5.82 Å². The number of hydrogen-bond acceptors (Lipinski definition) is 3. The van der Waals surface area contributed by atoms with Crippen molar-refractivity contribution in [2.75, 3.05) is 19.8 Å². The van der Waals surface area contributed by atoms with Crippen LogP contribution in [0.15, 0.2) is 12.1 Å². The molecule has 0 amide bonds. The Balaban J connectivity index is 2.14. The topological polar surface area (TPSA) is 49.8 Å². The minimum Gasteiger partial charge on any atom is -0.481 e. The molecule has 0 spiro atoms. The largest absolute Gasteiger partial charge is 0.481 e. The number of carboxylic acid groups (broad SMARTS) is 1. The molecule has 2 rings (SSSR count). The average molecular weight is 289 g/mol. The summed E-state index contributed by atoms with van der Waals surface area (Å²) in [5, 5.41) is 8.82. The number of rotatable bonds is 4. The van der Waals surface area contributed by atoms with Gasteiger partial charge in [0.25, 0.3) is 0 Å². The molecule has 7 heteroatoms. The minimum atomic E-state index is -1.24. The van der Waals surface area contributed by atoms with Crippen LogP contribution in [0.5, 0.6) is 0 Å². The maximum Gasteiger partial charge on any atom is 0.305 e. The zero-order valence-electron chi connectivity index (χ0n) is 10.6. The molecule has 0 aliphatic carbocycles. The van der Waals surface area contributed by atoms with Gasteiger partial charge < -0.3 is 9.84 Å². The van der Waals surface area contributed by atoms with E-state index in [4.69, 9.17) is 9.84 Å². The lowest BCUT2D eigenvalue weighted by Gasteiger charge is -2.34. The van der Waals surface area contributed by atoms with Gasteiger partial charge >= 0.3 is 5.97 Å². The highest BCUT2D eigenvalue weighted by Crippen LogP contribution is 2.19. The van der Waals surface area contributed by atoms with Crippen molar-refractivity contribution in [3.63, 3.8) is 0 Å². The molecule has 20 heavy (non-hydrogen) atoms. The van der Waals surface area contributed by atoms with Gasteiger partial charge in [-0.2, -0.15) is 0 Å². The quantitative estimate of drug-likeness (QED) is 0.858. The predicted molar refractivity (Wildman–Crippen MR) is 63.6 cm³/mol. The molecular weight excluding hydrogens is 275 g/mol. The number of ether oxygens (including phenoxy) is 1. The molecular formula is C13H14F3NO3. The van der Waals surface area contributed by atoms with E-state index in [2.05, 4.69) is 0 Å². The van der Waals surface area contributed by atoms with E-state index < -0.39 is 29.5 Å². The molecule has 1 unspecified atom stereocenters. The summed E-state index contributed by atoms with van der Waals surface area (Å²) in [7, 11) is 0. The molecule has 0 aromatic heterocycles. The van der Waals surface area contributed by atoms with Crippen LogP contribution in [-0.2, 0) is 16.1 Å². The van der Waals surface area contributed by atoms with Crippen molar-refractivity contribution >= 4 is 5.97 Å². The lowest BCUT2D eigenvalue weighted by molar-refractivity contribution is -0.140. The van der Waals surface area contributed by atoms with Gasteiger partial charge in [-0.1, -0.05) is 0 Å². The van der Waals surface area contributed by atoms with Crippen LogP contribution < -0.4 is 0 Å². The van der Waals surface area contributed by atoms with Gasteiger partial charge in [0.05, 0.1) is 19.6 Å². The van der Waals surface area contributed by atoms with Crippen LogP contribution in [0.1, 0.15) is 12.0 Å². The van der Waals surface area contributed by atoms with Gasteiger partial charge in [-0.25, -0.2) is 13.2 Å². The Kier molecular flexibility index (Phi) is 4.61. The SMILES string of the molecule is O=C(O)CC1COCCN1Cc1cc(F)c(F)cc1F. The summed E-state index contributed by atoms with van der Waals surface area (Å²) in [5.41, 5.74) is 0.00110. The molecule has 1 fully saturated rings. The minimum absolute atomic E-state index is 0.00110. The number of aliphatic carboxylic acids is 1. The summed E-state index contributed by atoms with van der Waals surface area (Å²) in [6, 6.07) is 0.892. The summed E-state index contributed by atoms with van der Waals surface area (Å²) >= 11 is 0. The summed E-state index contributed by atoms with van der Waals surface area (Å²) in [6.07, 6.45) is -0.148. The molecule has 110 valence electrons. The fourth-order valence-corrected chi connectivity index (χ4v) is 2.19. The van der Waals surface area contributed by atoms with E-state index in [1.165, 1.54) is 0 Å². The van der Waals surface area contributed by atoms with Crippen molar-refractivity contribution in [1.29, 1.82) is 0 Å². The first-order chi connectivity index (χ1) is 9.47. The predicted octanol–water partition coefficient (Wildman–Crippen LogP) is 1.78. The normalized spacial score (nSPS) is 20.1. The van der Waals surface area contributed by atoms with Gasteiger partial charge in [0, 0.05) is 30.8 Å². The number of hydrogen-bond donors (Lipinski definition) is 1. The van der Waals surface area contributed by atoms with E-state index in [0.29, 0.717) is 19.2 Å². The highest BCUT2D eigenvalue weighted by molar-refractivity contribution is 5.67. The Labute approximate surface area is 113 Å². The first-order valence-corrected chi connectivity index (χ1v) is 6.14. The van der Waals surface area contributed by atoms with E-state index in [9.17, 15) is 18.0 Å². The number of morpholine rings is 1. The highest BCUT2D eigenvalue weighted by atomic mass is 19.2. The van der Waals surface area contributed by atoms with Crippen LogP contribution in [0.4, 0.5) is 13.2 Å². The van der Waals surface area contributed by atoms with Crippen LogP contribution in [0.3, 0.4) is 0 Å². The standard InChI is InChI=1S/C13H14F3NO3/c14-10-5-12(16)11(15)3-8(10)6-17-1-2-20-7-9(17)4-13(18)19/h3,5,9H,1-2,4,6-7H2,(H,18,19). The van der Waals surface area contributed by atoms with E-state index in [-0.39, 0.29) is 25.1 Å². The zero-order chi connectivity index (χ0) is 14.7. The molecule has 1 N–H and O–H groups in total. The van der Waals surface area contributed by atoms with Crippen LogP contribution in [-0.4, -0.2) is 41.8 Å². The maximum absolute atomic E-state index is 13.6. The summed E-state index contributed by atoms with van der Waals surface area (Å²) in [6.45, 7) is 1.04. The van der Waals surface area contributed by atoms with Crippen molar-refractivity contribution in [3.05, 3.63) is 35.1 Å². The monoisotopic (exact) mass is 289 g/mol. The Bertz CT molecular complexity index is 510. The summed E-state index contributed by atoms with van der Waals surface area (Å²) in [4.78, 5) is 12.5. The Morgan fingerprint density at radius 2 is 2.00 bits per heavy atom. The lowest BCUT2D eigenvalue weighted by Crippen LogP contribution is -2.46. The number of carboxylic acids is 1. The third-order valence-corrected chi connectivity index (χ3v) is 3.22. The van der Waals surface area contributed by atoms with Crippen molar-refractivity contribution in [2.24, 2.45) is 0 Å². The number of halogens is 3. The molecule has 0 bridgehead atoms. The average Bonchev–Trinajstić information content (AvgIpc) is 2.37. The Hall–Kier alpha value is -1.60. The van der Waals surface area contributed by atoms with Crippen LogP contribution in [0.25, 0.3) is 0 Å². The molecule has 4 nitrogen and oxygen atoms in total. The van der Waals surface area contributed by atoms with Crippen molar-refractivity contribution in [2.45, 2.75) is 19.0 Å². The molecule has 1 aliphatic rings. The van der Waals surface area contributed by atoms with Gasteiger partial charge in [0.2, 0.25) is 0 Å². The van der Waals surface area contributed by atoms with E-state index in [0.717, 1.165) is 6.07 Å². The van der Waals surface area contributed by atoms with Gasteiger partial charge in [-0.3, -0.25) is 9.69 Å². The summed E-state index contributed by atoms with van der Waals surface area (Å²) < 4.78 is 44.8. The zero-order valence-corrected chi connectivity index (χ0v) is 10.6. The molecule has 0 radical (unpaired) electrons. The molecule has 1 heterocycles. The van der Waals surface area contributed by atoms with E-state index >= 15 is 0 Å². The third-order valence-electron chi connectivity index (χ3n) is 3.22. The lowest BCUT2D eigenvalue weighted by atomic mass is 10.1. The molecule has 1 saturated heterocycles. The smallest absolute Gasteiger partial charge is 0.305 e. The van der Waals surface area contributed by atoms with E-state index in [1.54, 1.807) is 4.90 Å². The number of nitrogens with zero attached hydrogens (tertiary/aromatic N) is 1. The van der Waals surface area contributed by atoms with Gasteiger partial charge in [0.15, 0.2) is 11.6 Å². The number of carbonyl (C=O) groups is 1. The molecule has 1 aromatic rings. The van der Waals surface area contributed by atoms with Crippen LogP contribution >= 0.6 is 0 Å². The Morgan fingerprint density at radius 3 is 2.70 bits per heavy atom. The second-order valence-corrected chi connectivity index (χ2v) is 4.65. The van der Waals surface area contributed by atoms with Gasteiger partial charge in [-0.05, 0) is 6.07 Å². The second-order valence-electron chi connectivity index (χ2n) is 4.65. The first-order valence-electron chi connectivity index (χ1n) is 6.14. The van der Waals surface area contributed by atoms with Crippen molar-refractivity contribution < 1.29 is 27.8 Å². The van der Waals surface area contributed by atoms with Gasteiger partial charge in [-0.15, -0.1) is 0 Å².